The van der Waals surface area contributed by atoms with Crippen LogP contribution in [-0.4, -0.2) is 0 Å². The molecule has 44 heavy (non-hydrogen) atoms. The molecule has 0 spiro atoms. The molecule has 0 saturated heterocycles. The Morgan fingerprint density at radius 3 is 1.61 bits per heavy atom. The molecule has 4 nitrogen and oxygen atoms in total. The summed E-state index contributed by atoms with van der Waals surface area (Å²) in [5.74, 6) is 0. The monoisotopic (exact) mass is 565 g/mol. The average Bonchev–Trinajstić information content (AvgIpc) is 3.76. The molecule has 206 valence electrons. The van der Waals surface area contributed by atoms with E-state index >= 15 is 0 Å². The minimum atomic E-state index is 0.850. The zero-order valence-electron chi connectivity index (χ0n) is 23.5. The lowest BCUT2D eigenvalue weighted by Crippen LogP contribution is -2.10. The van der Waals surface area contributed by atoms with Gasteiger partial charge in [-0.2, -0.15) is 0 Å². The van der Waals surface area contributed by atoms with Crippen LogP contribution in [0.5, 0.6) is 0 Å². The number of hydrogen-bond acceptors (Lipinski definition) is 4. The van der Waals surface area contributed by atoms with Crippen LogP contribution in [-0.2, 0) is 0 Å². The maximum Gasteiger partial charge on any atom is 0.143 e. The van der Waals surface area contributed by atoms with E-state index in [0.717, 1.165) is 93.7 Å². The van der Waals surface area contributed by atoms with Gasteiger partial charge in [-0.05, 0) is 72.1 Å². The second kappa shape index (κ2) is 8.76. The Kier molecular flexibility index (Phi) is 4.69. The molecular formula is C40H23NO3. The summed E-state index contributed by atoms with van der Waals surface area (Å²) in [4.78, 5) is 2.33. The third kappa shape index (κ3) is 3.28. The number of rotatable bonds is 3. The average molecular weight is 566 g/mol. The molecule has 3 aromatic heterocycles. The lowest BCUT2D eigenvalue weighted by molar-refractivity contribution is 0.668. The van der Waals surface area contributed by atoms with Gasteiger partial charge in [0.25, 0.3) is 0 Å². The van der Waals surface area contributed by atoms with Gasteiger partial charge >= 0.3 is 0 Å². The van der Waals surface area contributed by atoms with Crippen LogP contribution < -0.4 is 4.90 Å². The third-order valence-electron chi connectivity index (χ3n) is 8.84. The van der Waals surface area contributed by atoms with Crippen molar-refractivity contribution in [1.82, 2.24) is 0 Å². The molecule has 0 radical (unpaired) electrons. The first-order valence-corrected chi connectivity index (χ1v) is 14.8. The van der Waals surface area contributed by atoms with Gasteiger partial charge in [0, 0.05) is 43.7 Å². The van der Waals surface area contributed by atoms with E-state index in [1.807, 2.05) is 24.3 Å². The number of hydrogen-bond donors (Lipinski definition) is 0. The summed E-state index contributed by atoms with van der Waals surface area (Å²) in [6.45, 7) is 0. The van der Waals surface area contributed by atoms with Crippen molar-refractivity contribution in [3.63, 3.8) is 0 Å². The molecule has 10 aromatic rings. The van der Waals surface area contributed by atoms with Crippen LogP contribution in [0.3, 0.4) is 0 Å². The molecule has 0 fully saturated rings. The predicted octanol–water partition coefficient (Wildman–Crippen LogP) is 12.0. The van der Waals surface area contributed by atoms with Gasteiger partial charge in [-0.15, -0.1) is 0 Å². The smallest absolute Gasteiger partial charge is 0.143 e. The summed E-state index contributed by atoms with van der Waals surface area (Å²) < 4.78 is 19.0. The zero-order chi connectivity index (χ0) is 28.8. The van der Waals surface area contributed by atoms with Crippen LogP contribution >= 0.6 is 0 Å². The van der Waals surface area contributed by atoms with Gasteiger partial charge in [-0.1, -0.05) is 72.8 Å². The number of benzene rings is 7. The van der Waals surface area contributed by atoms with E-state index < -0.39 is 0 Å². The summed E-state index contributed by atoms with van der Waals surface area (Å²) in [6.07, 6.45) is 0. The highest BCUT2D eigenvalue weighted by atomic mass is 16.3. The lowest BCUT2D eigenvalue weighted by Gasteiger charge is -2.26. The van der Waals surface area contributed by atoms with Gasteiger partial charge < -0.3 is 18.2 Å². The molecule has 4 heteroatoms. The van der Waals surface area contributed by atoms with Gasteiger partial charge in [0.1, 0.15) is 33.5 Å². The zero-order valence-corrected chi connectivity index (χ0v) is 23.5. The highest BCUT2D eigenvalue weighted by Gasteiger charge is 2.22. The summed E-state index contributed by atoms with van der Waals surface area (Å²) >= 11 is 0. The highest BCUT2D eigenvalue weighted by molar-refractivity contribution is 6.20. The molecule has 0 N–H and O–H groups in total. The van der Waals surface area contributed by atoms with Crippen molar-refractivity contribution in [2.75, 3.05) is 4.90 Å². The number of nitrogens with zero attached hydrogens (tertiary/aromatic N) is 1. The van der Waals surface area contributed by atoms with Crippen molar-refractivity contribution in [1.29, 1.82) is 0 Å². The Balaban J connectivity index is 1.30. The van der Waals surface area contributed by atoms with Gasteiger partial charge in [-0.3, -0.25) is 0 Å². The first-order chi connectivity index (χ1) is 21.8. The second-order valence-corrected chi connectivity index (χ2v) is 11.3. The Labute approximate surface area is 250 Å². The van der Waals surface area contributed by atoms with Crippen LogP contribution in [0.4, 0.5) is 17.1 Å². The molecule has 0 bridgehead atoms. The Morgan fingerprint density at radius 1 is 0.364 bits per heavy atom. The van der Waals surface area contributed by atoms with Gasteiger partial charge in [0.2, 0.25) is 0 Å². The number of fused-ring (bicyclic) bond motifs is 11. The summed E-state index contributed by atoms with van der Waals surface area (Å²) in [6, 6.07) is 48.4. The standard InChI is InChI=1S/C40H23NO3/c1-2-9-27-24(8-1)16-19-30-39-33(12-7-15-38(39)44-40(27)30)41(25-17-20-36-31(22-25)28-10-3-5-13-34(28)42-36)26-18-21-37-32(23-26)29-11-4-6-14-35(29)43-37/h1-23H. The minimum absolute atomic E-state index is 0.850. The second-order valence-electron chi connectivity index (χ2n) is 11.3. The maximum absolute atomic E-state index is 6.60. The topological polar surface area (TPSA) is 42.7 Å². The van der Waals surface area contributed by atoms with Crippen molar-refractivity contribution in [3.05, 3.63) is 140 Å². The first kappa shape index (κ1) is 23.6. The van der Waals surface area contributed by atoms with E-state index in [4.69, 9.17) is 13.3 Å². The Bertz CT molecular complexity index is 2630. The van der Waals surface area contributed by atoms with Crippen molar-refractivity contribution in [2.24, 2.45) is 0 Å². The van der Waals surface area contributed by atoms with Gasteiger partial charge in [0.15, 0.2) is 0 Å². The Morgan fingerprint density at radius 2 is 0.932 bits per heavy atom. The van der Waals surface area contributed by atoms with E-state index in [-0.39, 0.29) is 0 Å². The largest absolute Gasteiger partial charge is 0.456 e. The summed E-state index contributed by atoms with van der Waals surface area (Å²) in [7, 11) is 0. The van der Waals surface area contributed by atoms with E-state index in [0.29, 0.717) is 0 Å². The van der Waals surface area contributed by atoms with Crippen LogP contribution in [0.15, 0.2) is 153 Å². The first-order valence-electron chi connectivity index (χ1n) is 14.8. The fourth-order valence-electron chi connectivity index (χ4n) is 6.85. The minimum Gasteiger partial charge on any atom is -0.456 e. The van der Waals surface area contributed by atoms with E-state index in [1.165, 1.54) is 0 Å². The van der Waals surface area contributed by atoms with E-state index in [2.05, 4.69) is 120 Å². The lowest BCUT2D eigenvalue weighted by atomic mass is 10.0. The van der Waals surface area contributed by atoms with Crippen LogP contribution in [0, 0.1) is 0 Å². The van der Waals surface area contributed by atoms with Gasteiger partial charge in [-0.25, -0.2) is 0 Å². The van der Waals surface area contributed by atoms with E-state index in [1.54, 1.807) is 0 Å². The predicted molar refractivity (Wildman–Crippen MR) is 180 cm³/mol. The maximum atomic E-state index is 6.60. The quantitative estimate of drug-likeness (QED) is 0.214. The summed E-state index contributed by atoms with van der Waals surface area (Å²) in [5.41, 5.74) is 8.34. The molecule has 0 aliphatic rings. The van der Waals surface area contributed by atoms with E-state index in [9.17, 15) is 0 Å². The van der Waals surface area contributed by atoms with Crippen molar-refractivity contribution in [2.45, 2.75) is 0 Å². The van der Waals surface area contributed by atoms with Crippen molar-refractivity contribution in [3.8, 4) is 0 Å². The molecule has 7 aromatic carbocycles. The number of para-hydroxylation sites is 2. The summed E-state index contributed by atoms with van der Waals surface area (Å²) in [5, 5.41) is 8.77. The Hall–Kier alpha value is -6.00. The normalized spacial score (nSPS) is 12.1. The van der Waals surface area contributed by atoms with Crippen LogP contribution in [0.2, 0.25) is 0 Å². The molecule has 0 unspecified atom stereocenters. The molecule has 10 rings (SSSR count). The molecule has 0 aliphatic carbocycles. The molecule has 3 heterocycles. The third-order valence-corrected chi connectivity index (χ3v) is 8.84. The molecule has 0 aliphatic heterocycles. The van der Waals surface area contributed by atoms with Crippen LogP contribution in [0.25, 0.3) is 76.6 Å². The SMILES string of the molecule is c1ccc2c(c1)ccc1c2oc2cccc(N(c3ccc4oc5ccccc5c4c3)c3ccc4oc5ccccc5c4c3)c21. The van der Waals surface area contributed by atoms with Crippen LogP contribution in [0.1, 0.15) is 0 Å². The number of anilines is 3. The van der Waals surface area contributed by atoms with Crippen molar-refractivity contribution < 1.29 is 13.3 Å². The number of furan rings is 3. The molecular weight excluding hydrogens is 542 g/mol. The molecule has 0 saturated carbocycles. The van der Waals surface area contributed by atoms with Gasteiger partial charge in [0.05, 0.1) is 11.1 Å². The molecule has 0 amide bonds. The fourth-order valence-corrected chi connectivity index (χ4v) is 6.85. The fraction of sp³-hybridized carbons (Fsp3) is 0. The highest BCUT2D eigenvalue weighted by Crippen LogP contribution is 2.46. The molecule has 0 atom stereocenters. The van der Waals surface area contributed by atoms with Crippen molar-refractivity contribution >= 4 is 93.7 Å².